The number of ether oxygens (including phenoxy) is 1. The summed E-state index contributed by atoms with van der Waals surface area (Å²) in [5.74, 6) is 0.687. The molecule has 0 saturated carbocycles. The summed E-state index contributed by atoms with van der Waals surface area (Å²) in [7, 11) is 0. The third-order valence-electron chi connectivity index (χ3n) is 4.40. The van der Waals surface area contributed by atoms with Crippen molar-refractivity contribution in [1.29, 1.82) is 0 Å². The third kappa shape index (κ3) is 3.42. The van der Waals surface area contributed by atoms with Crippen molar-refractivity contribution in [2.45, 2.75) is 12.5 Å². The minimum absolute atomic E-state index is 0.0443. The van der Waals surface area contributed by atoms with Crippen LogP contribution in [0, 0.1) is 5.82 Å². The second kappa shape index (κ2) is 6.95. The van der Waals surface area contributed by atoms with E-state index in [4.69, 9.17) is 4.74 Å². The first-order chi connectivity index (χ1) is 12.7. The molecular formula is C19H17FN4O2. The van der Waals surface area contributed by atoms with Crippen LogP contribution in [0.25, 0.3) is 0 Å². The lowest BCUT2D eigenvalue weighted by molar-refractivity contribution is 0.0786. The van der Waals surface area contributed by atoms with Crippen LogP contribution in [0.4, 0.5) is 4.39 Å². The fraction of sp³-hybridized carbons (Fsp3) is 0.211. The Morgan fingerprint density at radius 1 is 1.15 bits per heavy atom. The first-order valence-corrected chi connectivity index (χ1v) is 8.37. The van der Waals surface area contributed by atoms with Crippen LogP contribution in [-0.4, -0.2) is 38.9 Å². The highest BCUT2D eigenvalue weighted by atomic mass is 19.1. The summed E-state index contributed by atoms with van der Waals surface area (Å²) in [6, 6.07) is 12.9. The number of hydrogen-bond donors (Lipinski definition) is 0. The number of nitrogens with zero attached hydrogens (tertiary/aromatic N) is 4. The van der Waals surface area contributed by atoms with E-state index in [1.807, 2.05) is 11.1 Å². The van der Waals surface area contributed by atoms with Crippen molar-refractivity contribution in [1.82, 2.24) is 19.9 Å². The molecule has 3 aromatic rings. The van der Waals surface area contributed by atoms with E-state index in [1.165, 1.54) is 12.1 Å². The molecule has 132 valence electrons. The van der Waals surface area contributed by atoms with Crippen LogP contribution in [0.2, 0.25) is 0 Å². The minimum atomic E-state index is -0.322. The summed E-state index contributed by atoms with van der Waals surface area (Å²) in [6.45, 7) is 1.28. The Bertz CT molecular complexity index is 896. The fourth-order valence-corrected chi connectivity index (χ4v) is 3.07. The van der Waals surface area contributed by atoms with Gasteiger partial charge in [0.1, 0.15) is 17.3 Å². The van der Waals surface area contributed by atoms with Crippen LogP contribution < -0.4 is 4.74 Å². The molecule has 26 heavy (non-hydrogen) atoms. The fourth-order valence-electron chi connectivity index (χ4n) is 3.07. The highest BCUT2D eigenvalue weighted by Gasteiger charge is 2.28. The first-order valence-electron chi connectivity index (χ1n) is 8.37. The van der Waals surface area contributed by atoms with Gasteiger partial charge in [0.15, 0.2) is 0 Å². The molecule has 0 bridgehead atoms. The molecule has 0 unspecified atom stereocenters. The van der Waals surface area contributed by atoms with E-state index in [2.05, 4.69) is 10.3 Å². The number of rotatable bonds is 4. The van der Waals surface area contributed by atoms with Crippen LogP contribution in [0.1, 0.15) is 22.8 Å². The molecule has 1 saturated heterocycles. The smallest absolute Gasteiger partial charge is 0.254 e. The monoisotopic (exact) mass is 352 g/mol. The van der Waals surface area contributed by atoms with Gasteiger partial charge in [0.2, 0.25) is 0 Å². The number of halogens is 1. The summed E-state index contributed by atoms with van der Waals surface area (Å²) in [4.78, 5) is 14.6. The molecule has 2 heterocycles. The second-order valence-electron chi connectivity index (χ2n) is 6.16. The molecule has 1 amide bonds. The van der Waals surface area contributed by atoms with Gasteiger partial charge in [0.05, 0.1) is 12.2 Å². The number of aromatic nitrogens is 3. The van der Waals surface area contributed by atoms with Crippen molar-refractivity contribution < 1.29 is 13.9 Å². The van der Waals surface area contributed by atoms with E-state index in [0.717, 1.165) is 6.42 Å². The van der Waals surface area contributed by atoms with Crippen molar-refractivity contribution in [3.63, 3.8) is 0 Å². The molecule has 0 aliphatic carbocycles. The molecule has 1 fully saturated rings. The van der Waals surface area contributed by atoms with Crippen LogP contribution in [-0.2, 0) is 0 Å². The van der Waals surface area contributed by atoms with Gasteiger partial charge in [-0.1, -0.05) is 11.3 Å². The van der Waals surface area contributed by atoms with E-state index in [1.54, 1.807) is 47.3 Å². The lowest BCUT2D eigenvalue weighted by Crippen LogP contribution is -2.29. The average molecular weight is 352 g/mol. The third-order valence-corrected chi connectivity index (χ3v) is 4.40. The minimum Gasteiger partial charge on any atom is -0.457 e. The van der Waals surface area contributed by atoms with Crippen molar-refractivity contribution in [3.8, 4) is 11.5 Å². The van der Waals surface area contributed by atoms with E-state index < -0.39 is 0 Å². The standard InChI is InChI=1S/C19H17FN4O2/c20-15-4-6-17(7-5-15)26-18-3-1-2-14(12-18)19(25)23-10-8-16(13-23)24-11-9-21-22-24/h1-7,9,11-12,16H,8,10,13H2/t16-/m1/s1. The van der Waals surface area contributed by atoms with Crippen LogP contribution >= 0.6 is 0 Å². The summed E-state index contributed by atoms with van der Waals surface area (Å²) in [5, 5.41) is 7.84. The maximum Gasteiger partial charge on any atom is 0.254 e. The first kappa shape index (κ1) is 16.3. The molecule has 1 atom stereocenters. The van der Waals surface area contributed by atoms with Gasteiger partial charge in [-0.3, -0.25) is 4.79 Å². The van der Waals surface area contributed by atoms with E-state index in [0.29, 0.717) is 30.2 Å². The largest absolute Gasteiger partial charge is 0.457 e. The van der Waals surface area contributed by atoms with Crippen LogP contribution in [0.15, 0.2) is 60.9 Å². The van der Waals surface area contributed by atoms with Crippen LogP contribution in [0.3, 0.4) is 0 Å². The van der Waals surface area contributed by atoms with Gasteiger partial charge in [-0.15, -0.1) is 5.10 Å². The molecule has 1 aromatic heterocycles. The molecule has 6 nitrogen and oxygen atoms in total. The van der Waals surface area contributed by atoms with Gasteiger partial charge in [-0.05, 0) is 48.9 Å². The van der Waals surface area contributed by atoms with Crippen molar-refractivity contribution in [2.24, 2.45) is 0 Å². The Balaban J connectivity index is 1.46. The SMILES string of the molecule is O=C(c1cccc(Oc2ccc(F)cc2)c1)N1CC[C@@H](n2ccnn2)C1. The topological polar surface area (TPSA) is 60.2 Å². The van der Waals surface area contributed by atoms with Gasteiger partial charge in [-0.25, -0.2) is 9.07 Å². The van der Waals surface area contributed by atoms with E-state index in [-0.39, 0.29) is 17.8 Å². The Kier molecular flexibility index (Phi) is 4.35. The van der Waals surface area contributed by atoms with Gasteiger partial charge >= 0.3 is 0 Å². The number of likely N-dealkylation sites (tertiary alicyclic amines) is 1. The molecule has 0 N–H and O–H groups in total. The van der Waals surface area contributed by atoms with Gasteiger partial charge in [0.25, 0.3) is 5.91 Å². The van der Waals surface area contributed by atoms with Crippen LogP contribution in [0.5, 0.6) is 11.5 Å². The zero-order valence-corrected chi connectivity index (χ0v) is 14.0. The zero-order chi connectivity index (χ0) is 17.9. The number of carbonyl (C=O) groups excluding carboxylic acids is 1. The Morgan fingerprint density at radius 3 is 2.77 bits per heavy atom. The predicted octanol–water partition coefficient (Wildman–Crippen LogP) is 3.30. The van der Waals surface area contributed by atoms with E-state index >= 15 is 0 Å². The maximum atomic E-state index is 13.0. The zero-order valence-electron chi connectivity index (χ0n) is 14.0. The van der Waals surface area contributed by atoms with Gasteiger partial charge in [-0.2, -0.15) is 0 Å². The molecule has 1 aliphatic heterocycles. The highest BCUT2D eigenvalue weighted by molar-refractivity contribution is 5.94. The van der Waals surface area contributed by atoms with Crippen molar-refractivity contribution in [3.05, 3.63) is 72.3 Å². The van der Waals surface area contributed by atoms with Gasteiger partial charge < -0.3 is 9.64 Å². The Morgan fingerprint density at radius 2 is 2.00 bits per heavy atom. The Hall–Kier alpha value is -3.22. The number of benzene rings is 2. The molecule has 7 heteroatoms. The Labute approximate surface area is 149 Å². The molecular weight excluding hydrogens is 335 g/mol. The van der Waals surface area contributed by atoms with Crippen molar-refractivity contribution in [2.75, 3.05) is 13.1 Å². The molecule has 0 radical (unpaired) electrons. The van der Waals surface area contributed by atoms with Crippen molar-refractivity contribution >= 4 is 5.91 Å². The average Bonchev–Trinajstić information content (AvgIpc) is 3.35. The number of carbonyl (C=O) groups is 1. The van der Waals surface area contributed by atoms with Gasteiger partial charge in [0, 0.05) is 24.8 Å². The normalized spacial score (nSPS) is 16.7. The summed E-state index contributed by atoms with van der Waals surface area (Å²) in [5.41, 5.74) is 0.559. The second-order valence-corrected chi connectivity index (χ2v) is 6.16. The molecule has 1 aliphatic rings. The summed E-state index contributed by atoms with van der Waals surface area (Å²) >= 11 is 0. The summed E-state index contributed by atoms with van der Waals surface area (Å²) in [6.07, 6.45) is 4.30. The molecule has 4 rings (SSSR count). The summed E-state index contributed by atoms with van der Waals surface area (Å²) < 4.78 is 20.5. The quantitative estimate of drug-likeness (QED) is 0.723. The highest BCUT2D eigenvalue weighted by Crippen LogP contribution is 2.25. The molecule has 2 aromatic carbocycles. The lowest BCUT2D eigenvalue weighted by atomic mass is 10.2. The number of amides is 1. The maximum absolute atomic E-state index is 13.0. The lowest BCUT2D eigenvalue weighted by Gasteiger charge is -2.17. The number of hydrogen-bond acceptors (Lipinski definition) is 4. The predicted molar refractivity (Wildman–Crippen MR) is 92.5 cm³/mol. The van der Waals surface area contributed by atoms with E-state index in [9.17, 15) is 9.18 Å². The molecule has 0 spiro atoms.